The molecule has 0 aliphatic rings. The van der Waals surface area contributed by atoms with Crippen LogP contribution in [0.4, 0.5) is 5.69 Å². The molecule has 2 N–H and O–H groups in total. The van der Waals surface area contributed by atoms with E-state index < -0.39 is 0 Å². The number of carbonyl (C=O) groups excluding carboxylic acids is 1. The molecule has 0 aliphatic carbocycles. The fraction of sp³-hybridized carbons (Fsp3) is 0.300. The minimum atomic E-state index is -0.351. The summed E-state index contributed by atoms with van der Waals surface area (Å²) in [5.41, 5.74) is 2.53. The summed E-state index contributed by atoms with van der Waals surface area (Å²) in [6.07, 6.45) is 0. The molecule has 0 aliphatic heterocycles. The fourth-order valence-electron chi connectivity index (χ4n) is 2.48. The maximum absolute atomic E-state index is 12.2. The number of thiocarbonyl (C=S) groups is 1. The predicted molar refractivity (Wildman–Crippen MR) is 113 cm³/mol. The van der Waals surface area contributed by atoms with E-state index in [1.54, 1.807) is 12.1 Å². The van der Waals surface area contributed by atoms with Crippen LogP contribution in [0.1, 0.15) is 30.9 Å². The van der Waals surface area contributed by atoms with Crippen molar-refractivity contribution in [1.29, 1.82) is 0 Å². The van der Waals surface area contributed by atoms with E-state index in [1.807, 2.05) is 31.2 Å². The van der Waals surface area contributed by atoms with E-state index >= 15 is 0 Å². The summed E-state index contributed by atoms with van der Waals surface area (Å²) in [6.45, 7) is 5.88. The number of benzene rings is 2. The van der Waals surface area contributed by atoms with Crippen molar-refractivity contribution < 1.29 is 14.3 Å². The second-order valence-corrected chi connectivity index (χ2v) is 7.10. The summed E-state index contributed by atoms with van der Waals surface area (Å²) in [5, 5.41) is 6.29. The van der Waals surface area contributed by atoms with Crippen LogP contribution in [0.5, 0.6) is 11.5 Å². The van der Waals surface area contributed by atoms with Gasteiger partial charge in [-0.2, -0.15) is 0 Å². The first-order chi connectivity index (χ1) is 12.8. The van der Waals surface area contributed by atoms with Gasteiger partial charge in [-0.1, -0.05) is 43.6 Å². The third kappa shape index (κ3) is 5.84. The van der Waals surface area contributed by atoms with Crippen molar-refractivity contribution >= 4 is 40.5 Å². The van der Waals surface area contributed by atoms with Gasteiger partial charge in [0.2, 0.25) is 0 Å². The highest BCUT2D eigenvalue weighted by Gasteiger charge is 2.12. The van der Waals surface area contributed by atoms with E-state index in [0.717, 1.165) is 11.1 Å². The molecule has 144 valence electrons. The van der Waals surface area contributed by atoms with E-state index in [0.29, 0.717) is 28.1 Å². The molecule has 0 spiro atoms. The summed E-state index contributed by atoms with van der Waals surface area (Å²) in [4.78, 5) is 12.2. The zero-order valence-corrected chi connectivity index (χ0v) is 17.3. The number of carbonyl (C=O) groups is 1. The first kappa shape index (κ1) is 21.0. The number of methoxy groups -OCH3 is 1. The van der Waals surface area contributed by atoms with Crippen molar-refractivity contribution in [3.05, 3.63) is 52.5 Å². The highest BCUT2D eigenvalue weighted by Crippen LogP contribution is 2.31. The molecule has 0 unspecified atom stereocenters. The van der Waals surface area contributed by atoms with Gasteiger partial charge in [-0.05, 0) is 48.3 Å². The molecule has 5 nitrogen and oxygen atoms in total. The first-order valence-electron chi connectivity index (χ1n) is 8.48. The molecule has 2 rings (SSSR count). The first-order valence-corrected chi connectivity index (χ1v) is 9.27. The van der Waals surface area contributed by atoms with Crippen LogP contribution in [-0.2, 0) is 4.79 Å². The highest BCUT2D eigenvalue weighted by molar-refractivity contribution is 7.80. The van der Waals surface area contributed by atoms with Crippen molar-refractivity contribution in [2.45, 2.75) is 26.7 Å². The fourth-order valence-corrected chi connectivity index (χ4v) is 2.86. The molecule has 0 fully saturated rings. The molecule has 0 radical (unpaired) electrons. The molecule has 0 atom stereocenters. The number of nitrogens with one attached hydrogen (secondary N) is 2. The average molecular weight is 407 g/mol. The number of halogens is 1. The van der Waals surface area contributed by atoms with Gasteiger partial charge in [0.15, 0.2) is 11.7 Å². The van der Waals surface area contributed by atoms with Crippen molar-refractivity contribution in [2.24, 2.45) is 0 Å². The molecule has 0 saturated heterocycles. The summed E-state index contributed by atoms with van der Waals surface area (Å²) in [7, 11) is 1.54. The van der Waals surface area contributed by atoms with Crippen LogP contribution in [0.15, 0.2) is 36.4 Å². The molecule has 27 heavy (non-hydrogen) atoms. The summed E-state index contributed by atoms with van der Waals surface area (Å²) in [5.74, 6) is 1.17. The lowest BCUT2D eigenvalue weighted by molar-refractivity contribution is -0.121. The Morgan fingerprint density at radius 2 is 1.93 bits per heavy atom. The van der Waals surface area contributed by atoms with Gasteiger partial charge in [-0.3, -0.25) is 10.1 Å². The molecule has 0 aromatic heterocycles. The normalized spacial score (nSPS) is 10.4. The zero-order valence-electron chi connectivity index (χ0n) is 15.8. The quantitative estimate of drug-likeness (QED) is 0.682. The van der Waals surface area contributed by atoms with Crippen molar-refractivity contribution in [3.8, 4) is 11.5 Å². The third-order valence-electron chi connectivity index (χ3n) is 3.88. The van der Waals surface area contributed by atoms with Crippen molar-refractivity contribution in [2.75, 3.05) is 19.0 Å². The summed E-state index contributed by atoms with van der Waals surface area (Å²) < 4.78 is 10.9. The standard InChI is InChI=1S/C20H23ClN2O3S/c1-12(2)14-7-5-6-8-17(14)26-11-19(24)23-20(27)22-16-9-13(3)15(21)10-18(16)25-4/h5-10,12H,11H2,1-4H3,(H2,22,23,24,27). The topological polar surface area (TPSA) is 59.6 Å². The Balaban J connectivity index is 1.95. The molecule has 7 heteroatoms. The maximum Gasteiger partial charge on any atom is 0.264 e. The average Bonchev–Trinajstić information content (AvgIpc) is 2.62. The van der Waals surface area contributed by atoms with Gasteiger partial charge in [0.05, 0.1) is 12.8 Å². The van der Waals surface area contributed by atoms with E-state index in [9.17, 15) is 4.79 Å². The number of anilines is 1. The Labute approximate surface area is 170 Å². The number of amides is 1. The van der Waals surface area contributed by atoms with E-state index in [1.165, 1.54) is 7.11 Å². The number of aryl methyl sites for hydroxylation is 1. The van der Waals surface area contributed by atoms with Gasteiger partial charge >= 0.3 is 0 Å². The number of rotatable bonds is 6. The minimum Gasteiger partial charge on any atom is -0.495 e. The second-order valence-electron chi connectivity index (χ2n) is 6.29. The SMILES string of the molecule is COc1cc(Cl)c(C)cc1NC(=S)NC(=O)COc1ccccc1C(C)C. The van der Waals surface area contributed by atoms with E-state index in [-0.39, 0.29) is 17.6 Å². The Hall–Kier alpha value is -2.31. The van der Waals surface area contributed by atoms with Crippen LogP contribution >= 0.6 is 23.8 Å². The minimum absolute atomic E-state index is 0.137. The molecular formula is C20H23ClN2O3S. The van der Waals surface area contributed by atoms with E-state index in [2.05, 4.69) is 24.5 Å². The molecule has 0 saturated carbocycles. The van der Waals surface area contributed by atoms with Crippen LogP contribution in [-0.4, -0.2) is 24.7 Å². The van der Waals surface area contributed by atoms with Gasteiger partial charge in [0.25, 0.3) is 5.91 Å². The maximum atomic E-state index is 12.2. The number of hydrogen-bond donors (Lipinski definition) is 2. The van der Waals surface area contributed by atoms with Gasteiger partial charge in [0.1, 0.15) is 11.5 Å². The van der Waals surface area contributed by atoms with Gasteiger partial charge in [-0.15, -0.1) is 0 Å². The third-order valence-corrected chi connectivity index (χ3v) is 4.49. The van der Waals surface area contributed by atoms with Gasteiger partial charge in [0, 0.05) is 11.1 Å². The van der Waals surface area contributed by atoms with Gasteiger partial charge < -0.3 is 14.8 Å². The number of ether oxygens (including phenoxy) is 2. The molecule has 1 amide bonds. The van der Waals surface area contributed by atoms with Crippen LogP contribution in [0, 0.1) is 6.92 Å². The molecule has 0 heterocycles. The monoisotopic (exact) mass is 406 g/mol. The van der Waals surface area contributed by atoms with Crippen molar-refractivity contribution in [1.82, 2.24) is 5.32 Å². The van der Waals surface area contributed by atoms with Crippen LogP contribution < -0.4 is 20.1 Å². The van der Waals surface area contributed by atoms with Crippen LogP contribution in [0.25, 0.3) is 0 Å². The summed E-state index contributed by atoms with van der Waals surface area (Å²) >= 11 is 11.3. The van der Waals surface area contributed by atoms with Crippen LogP contribution in [0.3, 0.4) is 0 Å². The van der Waals surface area contributed by atoms with E-state index in [4.69, 9.17) is 33.3 Å². The lowest BCUT2D eigenvalue weighted by Crippen LogP contribution is -2.37. The Kier molecular flexibility index (Phi) is 7.45. The van der Waals surface area contributed by atoms with Gasteiger partial charge in [-0.25, -0.2) is 0 Å². The highest BCUT2D eigenvalue weighted by atomic mass is 35.5. The smallest absolute Gasteiger partial charge is 0.264 e. The number of hydrogen-bond acceptors (Lipinski definition) is 4. The largest absolute Gasteiger partial charge is 0.495 e. The zero-order chi connectivity index (χ0) is 20.0. The Morgan fingerprint density at radius 3 is 2.59 bits per heavy atom. The predicted octanol–water partition coefficient (Wildman–Crippen LogP) is 4.67. The molecule has 0 bridgehead atoms. The summed E-state index contributed by atoms with van der Waals surface area (Å²) in [6, 6.07) is 11.1. The van der Waals surface area contributed by atoms with Crippen LogP contribution in [0.2, 0.25) is 5.02 Å². The Bertz CT molecular complexity index is 840. The second kappa shape index (κ2) is 9.58. The molecule has 2 aromatic carbocycles. The molecular weight excluding hydrogens is 384 g/mol. The van der Waals surface area contributed by atoms with Crippen molar-refractivity contribution in [3.63, 3.8) is 0 Å². The lowest BCUT2D eigenvalue weighted by atomic mass is 10.0. The molecule has 2 aromatic rings. The lowest BCUT2D eigenvalue weighted by Gasteiger charge is -2.15. The Morgan fingerprint density at radius 1 is 1.22 bits per heavy atom. The number of para-hydroxylation sites is 1.